The number of aryl methyl sites for hydroxylation is 1. The Morgan fingerprint density at radius 3 is 2.46 bits per heavy atom. The van der Waals surface area contributed by atoms with Crippen LogP contribution in [0.15, 0.2) is 18.3 Å². The lowest BCUT2D eigenvalue weighted by Crippen LogP contribution is -2.37. The van der Waals surface area contributed by atoms with Crippen molar-refractivity contribution in [3.8, 4) is 0 Å². The average Bonchev–Trinajstić information content (AvgIpc) is 2.54. The second-order valence-electron chi connectivity index (χ2n) is 8.73. The Balaban J connectivity index is 1.87. The molecule has 3 heteroatoms. The van der Waals surface area contributed by atoms with Crippen LogP contribution in [0.2, 0.25) is 0 Å². The zero-order valence-electron chi connectivity index (χ0n) is 15.7. The van der Waals surface area contributed by atoms with Crippen LogP contribution in [-0.2, 0) is 16.6 Å². The number of nitrogens with zero attached hydrogens (tertiary/aromatic N) is 1. The smallest absolute Gasteiger partial charge is 0.133 e. The number of hydrogen-bond donors (Lipinski definition) is 1. The minimum atomic E-state index is 0.0941. The predicted octanol–water partition coefficient (Wildman–Crippen LogP) is 4.57. The van der Waals surface area contributed by atoms with E-state index in [0.717, 1.165) is 31.4 Å². The first-order valence-corrected chi connectivity index (χ1v) is 9.52. The van der Waals surface area contributed by atoms with Crippen molar-refractivity contribution in [2.45, 2.75) is 84.0 Å². The fourth-order valence-electron chi connectivity index (χ4n) is 3.85. The zero-order chi connectivity index (χ0) is 17.6. The maximum Gasteiger partial charge on any atom is 0.133 e. The van der Waals surface area contributed by atoms with Gasteiger partial charge in [0.05, 0.1) is 0 Å². The summed E-state index contributed by atoms with van der Waals surface area (Å²) in [7, 11) is 0. The fourth-order valence-corrected chi connectivity index (χ4v) is 3.85. The number of rotatable bonds is 7. The van der Waals surface area contributed by atoms with Crippen molar-refractivity contribution in [2.75, 3.05) is 6.54 Å². The largest absolute Gasteiger partial charge is 0.330 e. The first kappa shape index (κ1) is 19.1. The molecule has 2 rings (SSSR count). The van der Waals surface area contributed by atoms with Gasteiger partial charge < -0.3 is 5.73 Å². The molecule has 3 nitrogen and oxygen atoms in total. The Labute approximate surface area is 147 Å². The molecule has 2 N–H and O–H groups in total. The van der Waals surface area contributed by atoms with Gasteiger partial charge in [-0.3, -0.25) is 9.78 Å². The van der Waals surface area contributed by atoms with Gasteiger partial charge in [-0.1, -0.05) is 46.1 Å². The van der Waals surface area contributed by atoms with Crippen molar-refractivity contribution in [1.82, 2.24) is 4.98 Å². The van der Waals surface area contributed by atoms with Crippen molar-refractivity contribution in [1.29, 1.82) is 0 Å². The highest BCUT2D eigenvalue weighted by Crippen LogP contribution is 2.37. The second kappa shape index (κ2) is 8.24. The summed E-state index contributed by atoms with van der Waals surface area (Å²) in [6.45, 7) is 7.05. The summed E-state index contributed by atoms with van der Waals surface area (Å²) in [6, 6.07) is 4.35. The number of carbonyl (C=O) groups excluding carboxylic acids is 1. The molecule has 1 fully saturated rings. The molecule has 1 aromatic rings. The molecule has 0 unspecified atom stereocenters. The van der Waals surface area contributed by atoms with E-state index in [4.69, 9.17) is 10.7 Å². The van der Waals surface area contributed by atoms with Crippen LogP contribution >= 0.6 is 0 Å². The number of pyridine rings is 1. The molecule has 0 radical (unpaired) electrons. The summed E-state index contributed by atoms with van der Waals surface area (Å²) in [5, 5.41) is 0. The number of hydrogen-bond acceptors (Lipinski definition) is 3. The standard InChI is InChI=1S/C21H34N2O/c1-20(2,3)14-18(24)9-7-8-17-10-11-19(23-15-17)21(16-22)12-5-4-6-13-21/h10-11,15H,4-9,12-14,16,22H2,1-3H3. The summed E-state index contributed by atoms with van der Waals surface area (Å²) in [5.41, 5.74) is 8.68. The maximum atomic E-state index is 12.0. The number of carbonyl (C=O) groups is 1. The Morgan fingerprint density at radius 2 is 1.92 bits per heavy atom. The summed E-state index contributed by atoms with van der Waals surface area (Å²) < 4.78 is 0. The molecular formula is C21H34N2O. The van der Waals surface area contributed by atoms with E-state index in [-0.39, 0.29) is 10.8 Å². The third kappa shape index (κ3) is 5.41. The number of Topliss-reactive ketones (excluding diaryl/α,β-unsaturated/α-hetero) is 1. The van der Waals surface area contributed by atoms with Gasteiger partial charge in [-0.05, 0) is 42.7 Å². The number of aromatic nitrogens is 1. The van der Waals surface area contributed by atoms with Gasteiger partial charge in [-0.2, -0.15) is 0 Å². The molecule has 1 aromatic heterocycles. The molecule has 1 aliphatic carbocycles. The van der Waals surface area contributed by atoms with Crippen molar-refractivity contribution < 1.29 is 4.79 Å². The van der Waals surface area contributed by atoms with Crippen molar-refractivity contribution in [2.24, 2.45) is 11.1 Å². The first-order chi connectivity index (χ1) is 11.3. The highest BCUT2D eigenvalue weighted by atomic mass is 16.1. The SMILES string of the molecule is CC(C)(C)CC(=O)CCCc1ccc(C2(CN)CCCCC2)nc1. The third-order valence-electron chi connectivity index (χ3n) is 5.22. The minimum Gasteiger partial charge on any atom is -0.330 e. The minimum absolute atomic E-state index is 0.0941. The predicted molar refractivity (Wildman–Crippen MR) is 100 cm³/mol. The quantitative estimate of drug-likeness (QED) is 0.796. The maximum absolute atomic E-state index is 12.0. The van der Waals surface area contributed by atoms with E-state index in [1.807, 2.05) is 6.20 Å². The van der Waals surface area contributed by atoms with Crippen LogP contribution in [0.4, 0.5) is 0 Å². The molecule has 0 bridgehead atoms. The summed E-state index contributed by atoms with van der Waals surface area (Å²) in [6.07, 6.45) is 11.4. The number of nitrogens with two attached hydrogens (primary N) is 1. The van der Waals surface area contributed by atoms with Gasteiger partial charge in [-0.25, -0.2) is 0 Å². The van der Waals surface area contributed by atoms with Crippen LogP contribution in [0.1, 0.15) is 83.4 Å². The molecule has 0 saturated heterocycles. The lowest BCUT2D eigenvalue weighted by Gasteiger charge is -2.35. The van der Waals surface area contributed by atoms with Gasteiger partial charge in [-0.15, -0.1) is 0 Å². The molecule has 0 aromatic carbocycles. The van der Waals surface area contributed by atoms with E-state index in [1.54, 1.807) is 0 Å². The Kier molecular flexibility index (Phi) is 6.56. The Bertz CT molecular complexity index is 522. The molecule has 24 heavy (non-hydrogen) atoms. The topological polar surface area (TPSA) is 56.0 Å². The summed E-state index contributed by atoms with van der Waals surface area (Å²) in [5.74, 6) is 0.372. The monoisotopic (exact) mass is 330 g/mol. The zero-order valence-corrected chi connectivity index (χ0v) is 15.7. The molecule has 1 aliphatic rings. The van der Waals surface area contributed by atoms with E-state index in [2.05, 4.69) is 32.9 Å². The molecule has 0 aliphatic heterocycles. The van der Waals surface area contributed by atoms with Crippen molar-refractivity contribution in [3.63, 3.8) is 0 Å². The van der Waals surface area contributed by atoms with Crippen LogP contribution < -0.4 is 5.73 Å². The summed E-state index contributed by atoms with van der Waals surface area (Å²) in [4.78, 5) is 16.7. The van der Waals surface area contributed by atoms with Gasteiger partial charge in [0.1, 0.15) is 5.78 Å². The van der Waals surface area contributed by atoms with Crippen molar-refractivity contribution in [3.05, 3.63) is 29.6 Å². The molecule has 0 amide bonds. The van der Waals surface area contributed by atoms with E-state index in [1.165, 1.54) is 24.8 Å². The fraction of sp³-hybridized carbons (Fsp3) is 0.714. The van der Waals surface area contributed by atoms with Gasteiger partial charge >= 0.3 is 0 Å². The van der Waals surface area contributed by atoms with Gasteiger partial charge in [0.15, 0.2) is 0 Å². The van der Waals surface area contributed by atoms with Gasteiger partial charge in [0.25, 0.3) is 0 Å². The third-order valence-corrected chi connectivity index (χ3v) is 5.22. The van der Waals surface area contributed by atoms with E-state index >= 15 is 0 Å². The molecule has 1 saturated carbocycles. The van der Waals surface area contributed by atoms with Crippen LogP contribution in [0.3, 0.4) is 0 Å². The second-order valence-corrected chi connectivity index (χ2v) is 8.73. The highest BCUT2D eigenvalue weighted by molar-refractivity contribution is 5.78. The van der Waals surface area contributed by atoms with E-state index < -0.39 is 0 Å². The first-order valence-electron chi connectivity index (χ1n) is 9.52. The highest BCUT2D eigenvalue weighted by Gasteiger charge is 2.33. The normalized spacial score (nSPS) is 17.7. The average molecular weight is 331 g/mol. The number of ketones is 1. The Morgan fingerprint density at radius 1 is 1.21 bits per heavy atom. The van der Waals surface area contributed by atoms with Gasteiger partial charge in [0.2, 0.25) is 0 Å². The summed E-state index contributed by atoms with van der Waals surface area (Å²) >= 11 is 0. The lowest BCUT2D eigenvalue weighted by molar-refractivity contribution is -0.120. The van der Waals surface area contributed by atoms with E-state index in [9.17, 15) is 4.79 Å². The van der Waals surface area contributed by atoms with Crippen LogP contribution in [0.25, 0.3) is 0 Å². The molecular weight excluding hydrogens is 296 g/mol. The Hall–Kier alpha value is -1.22. The van der Waals surface area contributed by atoms with Crippen LogP contribution in [0.5, 0.6) is 0 Å². The molecule has 134 valence electrons. The van der Waals surface area contributed by atoms with E-state index in [0.29, 0.717) is 25.2 Å². The molecule has 0 atom stereocenters. The van der Waals surface area contributed by atoms with Gasteiger partial charge in [0, 0.05) is 36.7 Å². The van der Waals surface area contributed by atoms with Crippen LogP contribution in [-0.4, -0.2) is 17.3 Å². The molecule has 0 spiro atoms. The van der Waals surface area contributed by atoms with Crippen LogP contribution in [0, 0.1) is 5.41 Å². The van der Waals surface area contributed by atoms with Crippen molar-refractivity contribution >= 4 is 5.78 Å². The lowest BCUT2D eigenvalue weighted by atomic mass is 9.71. The molecule has 1 heterocycles.